The molecule has 0 bridgehead atoms. The lowest BCUT2D eigenvalue weighted by Crippen LogP contribution is -2.22. The van der Waals surface area contributed by atoms with E-state index in [1.807, 2.05) is 0 Å². The SMILES string of the molecule is CCOC(=O)C[C@H](N)c1c(F)c(-c2c(C)ccc(OC3CC3)c2C)cc(C(F)(F)F)c1F. The molecular weight excluding hydrogens is 433 g/mol. The average molecular weight is 457 g/mol. The summed E-state index contributed by atoms with van der Waals surface area (Å²) in [6, 6.07) is 2.06. The number of aryl methyl sites for hydroxylation is 1. The van der Waals surface area contributed by atoms with Gasteiger partial charge in [0.05, 0.1) is 24.7 Å². The zero-order chi connectivity index (χ0) is 23.8. The lowest BCUT2D eigenvalue weighted by molar-refractivity contribution is -0.143. The Morgan fingerprint density at radius 1 is 1.19 bits per heavy atom. The summed E-state index contributed by atoms with van der Waals surface area (Å²) in [5.41, 5.74) is 3.75. The van der Waals surface area contributed by atoms with Crippen LogP contribution in [0.3, 0.4) is 0 Å². The molecule has 1 saturated carbocycles. The lowest BCUT2D eigenvalue weighted by atomic mass is 9.89. The molecule has 0 saturated heterocycles. The van der Waals surface area contributed by atoms with Gasteiger partial charge in [-0.25, -0.2) is 8.78 Å². The molecule has 0 heterocycles. The smallest absolute Gasteiger partial charge is 0.419 e. The first-order valence-electron chi connectivity index (χ1n) is 10.2. The van der Waals surface area contributed by atoms with Crippen LogP contribution in [0.1, 0.15) is 54.5 Å². The third-order valence-electron chi connectivity index (χ3n) is 5.31. The highest BCUT2D eigenvalue weighted by Gasteiger charge is 2.39. The molecule has 1 fully saturated rings. The standard InChI is InChI=1S/C23H24F5NO3/c1-4-31-18(30)10-16(29)20-21(24)14(9-15(22(20)25)23(26,27)28)19-11(2)5-8-17(12(19)3)32-13-6-7-13/h5,8-9,13,16H,4,6-7,10,29H2,1-3H3/t16-/m0/s1. The van der Waals surface area contributed by atoms with Crippen molar-refractivity contribution in [3.8, 4) is 16.9 Å². The Balaban J connectivity index is 2.22. The molecule has 1 aliphatic rings. The quantitative estimate of drug-likeness (QED) is 0.424. The molecule has 0 unspecified atom stereocenters. The number of rotatable bonds is 7. The molecule has 174 valence electrons. The summed E-state index contributed by atoms with van der Waals surface area (Å²) in [7, 11) is 0. The van der Waals surface area contributed by atoms with Crippen LogP contribution in [-0.2, 0) is 15.7 Å². The van der Waals surface area contributed by atoms with Crippen molar-refractivity contribution >= 4 is 5.97 Å². The average Bonchev–Trinajstić information content (AvgIpc) is 3.49. The highest BCUT2D eigenvalue weighted by atomic mass is 19.4. The Labute approximate surface area is 182 Å². The monoisotopic (exact) mass is 457 g/mol. The maximum absolute atomic E-state index is 15.6. The largest absolute Gasteiger partial charge is 0.490 e. The predicted molar refractivity (Wildman–Crippen MR) is 108 cm³/mol. The molecule has 2 aromatic rings. The summed E-state index contributed by atoms with van der Waals surface area (Å²) in [4.78, 5) is 11.8. The van der Waals surface area contributed by atoms with Crippen molar-refractivity contribution in [2.75, 3.05) is 6.61 Å². The van der Waals surface area contributed by atoms with E-state index in [2.05, 4.69) is 0 Å². The van der Waals surface area contributed by atoms with Gasteiger partial charge < -0.3 is 15.2 Å². The number of hydrogen-bond donors (Lipinski definition) is 1. The Kier molecular flexibility index (Phi) is 6.78. The van der Waals surface area contributed by atoms with E-state index < -0.39 is 52.9 Å². The first-order chi connectivity index (χ1) is 15.0. The number of nitrogens with two attached hydrogens (primary N) is 1. The first-order valence-corrected chi connectivity index (χ1v) is 10.2. The topological polar surface area (TPSA) is 61.5 Å². The van der Waals surface area contributed by atoms with Crippen molar-refractivity contribution in [3.05, 3.63) is 52.1 Å². The van der Waals surface area contributed by atoms with Gasteiger partial charge in [0.15, 0.2) is 0 Å². The van der Waals surface area contributed by atoms with Crippen molar-refractivity contribution in [2.45, 2.75) is 58.4 Å². The van der Waals surface area contributed by atoms with Crippen molar-refractivity contribution in [2.24, 2.45) is 5.73 Å². The number of benzene rings is 2. The molecule has 3 rings (SSSR count). The molecule has 0 radical (unpaired) electrons. The molecule has 0 aromatic heterocycles. The molecular formula is C23H24F5NO3. The van der Waals surface area contributed by atoms with E-state index in [0.29, 0.717) is 22.9 Å². The Morgan fingerprint density at radius 3 is 2.41 bits per heavy atom. The number of carbonyl (C=O) groups is 1. The van der Waals surface area contributed by atoms with Gasteiger partial charge in [-0.2, -0.15) is 13.2 Å². The third-order valence-corrected chi connectivity index (χ3v) is 5.31. The fraction of sp³-hybridized carbons (Fsp3) is 0.435. The molecule has 9 heteroatoms. The zero-order valence-corrected chi connectivity index (χ0v) is 17.9. The summed E-state index contributed by atoms with van der Waals surface area (Å²) in [6.07, 6.45) is -4.04. The number of hydrogen-bond acceptors (Lipinski definition) is 4. The van der Waals surface area contributed by atoms with Crippen LogP contribution in [0.4, 0.5) is 22.0 Å². The van der Waals surface area contributed by atoms with Crippen LogP contribution in [0, 0.1) is 25.5 Å². The van der Waals surface area contributed by atoms with Gasteiger partial charge >= 0.3 is 12.1 Å². The van der Waals surface area contributed by atoms with Crippen molar-refractivity contribution < 1.29 is 36.2 Å². The van der Waals surface area contributed by atoms with Gasteiger partial charge in [0.25, 0.3) is 0 Å². The van der Waals surface area contributed by atoms with E-state index >= 15 is 4.39 Å². The molecule has 4 nitrogen and oxygen atoms in total. The van der Waals surface area contributed by atoms with Crippen LogP contribution < -0.4 is 10.5 Å². The minimum atomic E-state index is -5.10. The number of alkyl halides is 3. The fourth-order valence-corrected chi connectivity index (χ4v) is 3.61. The van der Waals surface area contributed by atoms with E-state index in [9.17, 15) is 22.4 Å². The highest BCUT2D eigenvalue weighted by Crippen LogP contribution is 2.43. The second-order valence-corrected chi connectivity index (χ2v) is 7.82. The summed E-state index contributed by atoms with van der Waals surface area (Å²) in [5.74, 6) is -3.54. The maximum Gasteiger partial charge on any atom is 0.419 e. The molecule has 32 heavy (non-hydrogen) atoms. The van der Waals surface area contributed by atoms with Crippen molar-refractivity contribution in [1.29, 1.82) is 0 Å². The number of esters is 1. The molecule has 0 aliphatic heterocycles. The van der Waals surface area contributed by atoms with E-state index in [4.69, 9.17) is 15.2 Å². The summed E-state index contributed by atoms with van der Waals surface area (Å²) in [5, 5.41) is 0. The molecule has 1 aliphatic carbocycles. The molecule has 2 N–H and O–H groups in total. The number of ether oxygens (including phenoxy) is 2. The van der Waals surface area contributed by atoms with Crippen LogP contribution in [0.5, 0.6) is 5.75 Å². The third kappa shape index (κ3) is 4.87. The second kappa shape index (κ2) is 9.05. The summed E-state index contributed by atoms with van der Waals surface area (Å²) in [6.45, 7) is 4.73. The lowest BCUT2D eigenvalue weighted by Gasteiger charge is -2.22. The summed E-state index contributed by atoms with van der Waals surface area (Å²) < 4.78 is 81.9. The van der Waals surface area contributed by atoms with E-state index in [1.165, 1.54) is 6.92 Å². The minimum absolute atomic E-state index is 0.00344. The first kappa shape index (κ1) is 24.0. The minimum Gasteiger partial charge on any atom is -0.490 e. The molecule has 0 amide bonds. The number of carbonyl (C=O) groups excluding carboxylic acids is 1. The number of halogens is 5. The van der Waals surface area contributed by atoms with Gasteiger partial charge in [-0.15, -0.1) is 0 Å². The molecule has 0 spiro atoms. The Bertz CT molecular complexity index is 1030. The van der Waals surface area contributed by atoms with E-state index in [0.717, 1.165) is 12.8 Å². The molecule has 1 atom stereocenters. The second-order valence-electron chi connectivity index (χ2n) is 7.82. The van der Waals surface area contributed by atoms with Gasteiger partial charge in [0.1, 0.15) is 17.4 Å². The Morgan fingerprint density at radius 2 is 1.84 bits per heavy atom. The van der Waals surface area contributed by atoms with Crippen molar-refractivity contribution in [3.63, 3.8) is 0 Å². The highest BCUT2D eigenvalue weighted by molar-refractivity contribution is 5.76. The van der Waals surface area contributed by atoms with Crippen molar-refractivity contribution in [1.82, 2.24) is 0 Å². The van der Waals surface area contributed by atoms with Gasteiger partial charge in [-0.3, -0.25) is 4.79 Å². The van der Waals surface area contributed by atoms with Crippen LogP contribution in [0.15, 0.2) is 18.2 Å². The van der Waals surface area contributed by atoms with E-state index in [-0.39, 0.29) is 18.3 Å². The van der Waals surface area contributed by atoms with Crippen LogP contribution in [-0.4, -0.2) is 18.7 Å². The van der Waals surface area contributed by atoms with Crippen LogP contribution in [0.2, 0.25) is 0 Å². The van der Waals surface area contributed by atoms with Crippen LogP contribution >= 0.6 is 0 Å². The zero-order valence-electron chi connectivity index (χ0n) is 17.9. The normalized spacial score (nSPS) is 14.9. The van der Waals surface area contributed by atoms with Gasteiger partial charge in [-0.1, -0.05) is 6.07 Å². The molecule has 2 aromatic carbocycles. The summed E-state index contributed by atoms with van der Waals surface area (Å²) >= 11 is 0. The predicted octanol–water partition coefficient (Wildman–Crippen LogP) is 5.76. The maximum atomic E-state index is 15.6. The Hall–Kier alpha value is -2.68. The van der Waals surface area contributed by atoms with Crippen LogP contribution in [0.25, 0.3) is 11.1 Å². The van der Waals surface area contributed by atoms with Gasteiger partial charge in [0.2, 0.25) is 0 Å². The van der Waals surface area contributed by atoms with E-state index in [1.54, 1.807) is 26.0 Å². The van der Waals surface area contributed by atoms with Gasteiger partial charge in [-0.05, 0) is 62.4 Å². The van der Waals surface area contributed by atoms with Gasteiger partial charge in [0, 0.05) is 17.2 Å². The fourth-order valence-electron chi connectivity index (χ4n) is 3.61.